The molecule has 3 heteroatoms. The lowest BCUT2D eigenvalue weighted by atomic mass is 9.66. The Hall–Kier alpha value is -8.92. The second-order valence-electron chi connectivity index (χ2n) is 19.4. The highest BCUT2D eigenvalue weighted by Gasteiger charge is 2.51. The standard InChI is InChI=1S/C68H48N2O/c1-67-42-15-14-29-66(67)70(52-20-6-3-7-21-52)63-41-35-50(45-62(63)67)48-32-38-54(39-33-48)69(53-36-30-47(31-37-53)46-17-4-2-5-18-46)55-22-16-19-49(43-55)51-34-40-57-56-23-8-9-24-58(56)68(61(57)44-51)59-25-10-12-27-64(59)71-65-28-13-11-26-60(65)68/h2-45,66H,1H3. The molecule has 1 spiro atoms. The molecule has 0 bridgehead atoms. The van der Waals surface area contributed by atoms with Crippen molar-refractivity contribution in [3.63, 3.8) is 0 Å². The Morgan fingerprint density at radius 2 is 0.915 bits per heavy atom. The normalized spacial score (nSPS) is 17.1. The largest absolute Gasteiger partial charge is 0.457 e. The molecular formula is C68H48N2O. The highest BCUT2D eigenvalue weighted by Crippen LogP contribution is 2.62. The molecule has 0 aromatic heterocycles. The SMILES string of the molecule is CC12C=CC=CC1N(c1ccccc1)c1ccc(-c3ccc(N(c4ccc(-c5ccccc5)cc4)c4cccc(-c5ccc6c(c5)C5(c7ccccc7Oc7ccccc75)c5ccccc5-6)c4)cc3)cc12. The molecule has 2 atom stereocenters. The molecule has 3 nitrogen and oxygen atoms in total. The monoisotopic (exact) mass is 908 g/mol. The third-order valence-corrected chi connectivity index (χ3v) is 15.6. The summed E-state index contributed by atoms with van der Waals surface area (Å²) >= 11 is 0. The van der Waals surface area contributed by atoms with Crippen LogP contribution in [-0.4, -0.2) is 6.04 Å². The van der Waals surface area contributed by atoms with Gasteiger partial charge in [0.1, 0.15) is 11.5 Å². The van der Waals surface area contributed by atoms with Gasteiger partial charge in [-0.2, -0.15) is 0 Å². The minimum atomic E-state index is -0.539. The fraction of sp³-hybridized carbons (Fsp3) is 0.0588. The fourth-order valence-electron chi connectivity index (χ4n) is 12.3. The van der Waals surface area contributed by atoms with Crippen LogP contribution in [-0.2, 0) is 10.8 Å². The Balaban J connectivity index is 0.874. The highest BCUT2D eigenvalue weighted by molar-refractivity contribution is 5.91. The average molecular weight is 909 g/mol. The van der Waals surface area contributed by atoms with E-state index in [0.29, 0.717) is 0 Å². The number of nitrogens with zero attached hydrogens (tertiary/aromatic N) is 2. The van der Waals surface area contributed by atoms with Gasteiger partial charge in [-0.25, -0.2) is 0 Å². The molecule has 2 heterocycles. The molecule has 71 heavy (non-hydrogen) atoms. The van der Waals surface area contributed by atoms with Crippen molar-refractivity contribution in [3.8, 4) is 56.0 Å². The quantitative estimate of drug-likeness (QED) is 0.158. The van der Waals surface area contributed by atoms with Crippen LogP contribution in [0.4, 0.5) is 28.4 Å². The van der Waals surface area contributed by atoms with Gasteiger partial charge in [-0.3, -0.25) is 0 Å². The van der Waals surface area contributed by atoms with E-state index in [-0.39, 0.29) is 11.5 Å². The molecular weight excluding hydrogens is 861 g/mol. The van der Waals surface area contributed by atoms with Crippen molar-refractivity contribution < 1.29 is 4.74 Å². The van der Waals surface area contributed by atoms with E-state index >= 15 is 0 Å². The van der Waals surface area contributed by atoms with Crippen molar-refractivity contribution in [2.45, 2.75) is 23.8 Å². The minimum absolute atomic E-state index is 0.160. The molecule has 14 rings (SSSR count). The van der Waals surface area contributed by atoms with E-state index in [0.717, 1.165) is 39.7 Å². The summed E-state index contributed by atoms with van der Waals surface area (Å²) in [6, 6.07) is 89.0. The molecule has 0 fully saturated rings. The maximum Gasteiger partial charge on any atom is 0.132 e. The predicted octanol–water partition coefficient (Wildman–Crippen LogP) is 17.5. The molecule has 2 aliphatic carbocycles. The van der Waals surface area contributed by atoms with Gasteiger partial charge < -0.3 is 14.5 Å². The van der Waals surface area contributed by atoms with Crippen LogP contribution >= 0.6 is 0 Å². The second kappa shape index (κ2) is 16.1. The van der Waals surface area contributed by atoms with Crippen molar-refractivity contribution in [3.05, 3.63) is 295 Å². The smallest absolute Gasteiger partial charge is 0.132 e. The van der Waals surface area contributed by atoms with Gasteiger partial charge in [-0.15, -0.1) is 0 Å². The molecule has 4 aliphatic rings. The topological polar surface area (TPSA) is 15.7 Å². The number of para-hydroxylation sites is 3. The highest BCUT2D eigenvalue weighted by atomic mass is 16.5. The van der Waals surface area contributed by atoms with Crippen LogP contribution in [0.3, 0.4) is 0 Å². The molecule has 336 valence electrons. The zero-order chi connectivity index (χ0) is 47.1. The first-order chi connectivity index (χ1) is 35.1. The van der Waals surface area contributed by atoms with Gasteiger partial charge in [0.05, 0.1) is 11.5 Å². The number of allylic oxidation sites excluding steroid dienone is 2. The number of hydrogen-bond donors (Lipinski definition) is 0. The van der Waals surface area contributed by atoms with Crippen molar-refractivity contribution in [2.24, 2.45) is 0 Å². The number of benzene rings is 10. The maximum absolute atomic E-state index is 6.65. The summed E-state index contributed by atoms with van der Waals surface area (Å²) in [5.74, 6) is 1.79. The summed E-state index contributed by atoms with van der Waals surface area (Å²) in [7, 11) is 0. The van der Waals surface area contributed by atoms with Gasteiger partial charge in [0.15, 0.2) is 0 Å². The minimum Gasteiger partial charge on any atom is -0.457 e. The molecule has 0 saturated heterocycles. The summed E-state index contributed by atoms with van der Waals surface area (Å²) in [4.78, 5) is 4.89. The van der Waals surface area contributed by atoms with Crippen LogP contribution < -0.4 is 14.5 Å². The first kappa shape index (κ1) is 41.1. The number of anilines is 5. The van der Waals surface area contributed by atoms with E-state index in [1.165, 1.54) is 72.6 Å². The van der Waals surface area contributed by atoms with Crippen molar-refractivity contribution in [1.82, 2.24) is 0 Å². The Morgan fingerprint density at radius 3 is 1.63 bits per heavy atom. The van der Waals surface area contributed by atoms with Gasteiger partial charge >= 0.3 is 0 Å². The van der Waals surface area contributed by atoms with E-state index in [1.54, 1.807) is 0 Å². The first-order valence-corrected chi connectivity index (χ1v) is 24.7. The van der Waals surface area contributed by atoms with Gasteiger partial charge in [0.2, 0.25) is 0 Å². The van der Waals surface area contributed by atoms with E-state index < -0.39 is 5.41 Å². The lowest BCUT2D eigenvalue weighted by Crippen LogP contribution is -2.39. The zero-order valence-electron chi connectivity index (χ0n) is 39.3. The third-order valence-electron chi connectivity index (χ3n) is 15.6. The Morgan fingerprint density at radius 1 is 0.394 bits per heavy atom. The van der Waals surface area contributed by atoms with Gasteiger partial charge in [0.25, 0.3) is 0 Å². The van der Waals surface area contributed by atoms with Crippen LogP contribution in [0.5, 0.6) is 11.5 Å². The van der Waals surface area contributed by atoms with Crippen LogP contribution in [0, 0.1) is 0 Å². The number of rotatable bonds is 7. The van der Waals surface area contributed by atoms with Crippen LogP contribution in [0.1, 0.15) is 34.7 Å². The lowest BCUT2D eigenvalue weighted by molar-refractivity contribution is 0.436. The van der Waals surface area contributed by atoms with Gasteiger partial charge in [-0.05, 0) is 147 Å². The molecule has 0 saturated carbocycles. The molecule has 0 N–H and O–H groups in total. The van der Waals surface area contributed by atoms with Crippen LogP contribution in [0.15, 0.2) is 267 Å². The first-order valence-electron chi connectivity index (χ1n) is 24.7. The molecule has 10 aromatic carbocycles. The number of hydrogen-bond acceptors (Lipinski definition) is 3. The van der Waals surface area contributed by atoms with E-state index in [1.807, 2.05) is 0 Å². The number of fused-ring (bicyclic) bond motifs is 12. The summed E-state index contributed by atoms with van der Waals surface area (Å²) in [5.41, 5.74) is 20.9. The predicted molar refractivity (Wildman–Crippen MR) is 293 cm³/mol. The van der Waals surface area contributed by atoms with Crippen molar-refractivity contribution in [2.75, 3.05) is 9.80 Å². The van der Waals surface area contributed by atoms with E-state index in [2.05, 4.69) is 284 Å². The van der Waals surface area contributed by atoms with E-state index in [4.69, 9.17) is 4.74 Å². The summed E-state index contributed by atoms with van der Waals surface area (Å²) in [6.45, 7) is 2.38. The van der Waals surface area contributed by atoms with Crippen molar-refractivity contribution >= 4 is 28.4 Å². The number of ether oxygens (including phenoxy) is 1. The van der Waals surface area contributed by atoms with Crippen LogP contribution in [0.2, 0.25) is 0 Å². The average Bonchev–Trinajstić information content (AvgIpc) is 3.88. The molecule has 0 amide bonds. The molecule has 10 aromatic rings. The Bertz CT molecular complexity index is 3710. The summed E-state index contributed by atoms with van der Waals surface area (Å²) in [5, 5.41) is 0. The second-order valence-corrected chi connectivity index (χ2v) is 19.4. The fourth-order valence-corrected chi connectivity index (χ4v) is 12.3. The molecule has 0 radical (unpaired) electrons. The van der Waals surface area contributed by atoms with Crippen molar-refractivity contribution in [1.29, 1.82) is 0 Å². The zero-order valence-corrected chi connectivity index (χ0v) is 39.3. The van der Waals surface area contributed by atoms with Gasteiger partial charge in [-0.1, -0.05) is 188 Å². The van der Waals surface area contributed by atoms with E-state index in [9.17, 15) is 0 Å². The Labute approximate surface area is 415 Å². The Kier molecular flexibility index (Phi) is 9.31. The molecule has 2 aliphatic heterocycles. The summed E-state index contributed by atoms with van der Waals surface area (Å²) < 4.78 is 6.65. The summed E-state index contributed by atoms with van der Waals surface area (Å²) in [6.07, 6.45) is 9.12. The third kappa shape index (κ3) is 6.29. The van der Waals surface area contributed by atoms with Gasteiger partial charge in [0, 0.05) is 45.0 Å². The lowest BCUT2D eigenvalue weighted by Gasteiger charge is -2.39. The maximum atomic E-state index is 6.65. The molecule has 2 unspecified atom stereocenters. The van der Waals surface area contributed by atoms with Crippen LogP contribution in [0.25, 0.3) is 44.5 Å².